The van der Waals surface area contributed by atoms with Crippen molar-refractivity contribution in [2.45, 2.75) is 25.3 Å². The van der Waals surface area contributed by atoms with E-state index in [2.05, 4.69) is 21.2 Å². The molecule has 1 aliphatic rings. The van der Waals surface area contributed by atoms with E-state index >= 15 is 0 Å². The molecule has 0 spiro atoms. The van der Waals surface area contributed by atoms with Gasteiger partial charge in [0.1, 0.15) is 5.75 Å². The van der Waals surface area contributed by atoms with Gasteiger partial charge in [-0.2, -0.15) is 0 Å². The first-order valence-electron chi connectivity index (χ1n) is 6.47. The van der Waals surface area contributed by atoms with Gasteiger partial charge in [-0.3, -0.25) is 4.79 Å². The zero-order valence-electron chi connectivity index (χ0n) is 10.6. The lowest BCUT2D eigenvalue weighted by molar-refractivity contribution is -0.124. The van der Waals surface area contributed by atoms with Crippen molar-refractivity contribution in [3.8, 4) is 5.75 Å². The maximum Gasteiger partial charge on any atom is 0.258 e. The predicted octanol–water partition coefficient (Wildman–Crippen LogP) is 2.11. The Balaban J connectivity index is 1.77. The molecule has 1 fully saturated rings. The first kappa shape index (κ1) is 14.3. The third-order valence-electron chi connectivity index (χ3n) is 3.42. The average Bonchev–Trinajstić information content (AvgIpc) is 2.85. The molecule has 1 aromatic rings. The van der Waals surface area contributed by atoms with Crippen LogP contribution in [-0.4, -0.2) is 30.3 Å². The molecule has 1 aromatic carbocycles. The first-order chi connectivity index (χ1) is 9.19. The number of amides is 1. The minimum atomic E-state index is -0.131. The Labute approximate surface area is 121 Å². The third kappa shape index (κ3) is 4.21. The van der Waals surface area contributed by atoms with Crippen molar-refractivity contribution >= 4 is 21.8 Å². The topological polar surface area (TPSA) is 58.6 Å². The van der Waals surface area contributed by atoms with Gasteiger partial charge in [0.25, 0.3) is 5.91 Å². The van der Waals surface area contributed by atoms with Crippen LogP contribution in [0.4, 0.5) is 0 Å². The Bertz CT molecular complexity index is 421. The van der Waals surface area contributed by atoms with E-state index in [0.29, 0.717) is 5.75 Å². The average molecular weight is 328 g/mol. The van der Waals surface area contributed by atoms with Gasteiger partial charge in [0.05, 0.1) is 0 Å². The van der Waals surface area contributed by atoms with Crippen LogP contribution in [0.15, 0.2) is 28.7 Å². The first-order valence-corrected chi connectivity index (χ1v) is 7.27. The molecule has 0 saturated heterocycles. The molecule has 0 aliphatic heterocycles. The molecule has 2 atom stereocenters. The number of aliphatic hydroxyl groups excluding tert-OH is 1. The molecule has 19 heavy (non-hydrogen) atoms. The molecular formula is C14H18BrNO3. The number of rotatable bonds is 5. The fourth-order valence-electron chi connectivity index (χ4n) is 2.37. The third-order valence-corrected chi connectivity index (χ3v) is 3.95. The normalized spacial score (nSPS) is 22.2. The van der Waals surface area contributed by atoms with Crippen LogP contribution in [0.25, 0.3) is 0 Å². The van der Waals surface area contributed by atoms with Gasteiger partial charge in [-0.1, -0.05) is 22.4 Å². The Morgan fingerprint density at radius 3 is 2.79 bits per heavy atom. The van der Waals surface area contributed by atoms with Gasteiger partial charge >= 0.3 is 0 Å². The molecule has 2 unspecified atom stereocenters. The van der Waals surface area contributed by atoms with E-state index in [0.717, 1.165) is 23.7 Å². The monoisotopic (exact) mass is 327 g/mol. The lowest BCUT2D eigenvalue weighted by atomic mass is 10.1. The summed E-state index contributed by atoms with van der Waals surface area (Å²) in [4.78, 5) is 11.8. The van der Waals surface area contributed by atoms with Gasteiger partial charge in [0.15, 0.2) is 6.61 Å². The minimum Gasteiger partial charge on any atom is -0.484 e. The summed E-state index contributed by atoms with van der Waals surface area (Å²) in [6, 6.07) is 7.44. The highest BCUT2D eigenvalue weighted by Gasteiger charge is 2.27. The van der Waals surface area contributed by atoms with E-state index in [1.165, 1.54) is 0 Å². The lowest BCUT2D eigenvalue weighted by Gasteiger charge is -2.19. The Hall–Kier alpha value is -1.07. The maximum absolute atomic E-state index is 11.8. The number of carbonyl (C=O) groups is 1. The van der Waals surface area contributed by atoms with Crippen molar-refractivity contribution in [1.82, 2.24) is 5.32 Å². The summed E-state index contributed by atoms with van der Waals surface area (Å²) >= 11 is 3.34. The van der Waals surface area contributed by atoms with E-state index in [9.17, 15) is 9.90 Å². The van der Waals surface area contributed by atoms with Crippen molar-refractivity contribution in [1.29, 1.82) is 0 Å². The summed E-state index contributed by atoms with van der Waals surface area (Å²) in [6.07, 6.45) is 2.98. The summed E-state index contributed by atoms with van der Waals surface area (Å²) in [5, 5.41) is 12.1. The molecule has 2 N–H and O–H groups in total. The smallest absolute Gasteiger partial charge is 0.258 e. The standard InChI is InChI=1S/C14H18BrNO3/c15-11-4-6-12(7-5-11)19-9-14(18)16-13-3-1-2-10(13)8-17/h4-7,10,13,17H,1-3,8-9H2,(H,16,18). The number of hydrogen-bond acceptors (Lipinski definition) is 3. The number of hydrogen-bond donors (Lipinski definition) is 2. The number of aliphatic hydroxyl groups is 1. The number of ether oxygens (including phenoxy) is 1. The van der Waals surface area contributed by atoms with Crippen LogP contribution in [0.5, 0.6) is 5.75 Å². The second kappa shape index (κ2) is 6.91. The quantitative estimate of drug-likeness (QED) is 0.870. The van der Waals surface area contributed by atoms with E-state index in [4.69, 9.17) is 4.74 Å². The van der Waals surface area contributed by atoms with Gasteiger partial charge in [-0.15, -0.1) is 0 Å². The largest absolute Gasteiger partial charge is 0.484 e. The van der Waals surface area contributed by atoms with Crippen LogP contribution in [0.1, 0.15) is 19.3 Å². The molecule has 2 rings (SSSR count). The Morgan fingerprint density at radius 2 is 2.11 bits per heavy atom. The molecule has 0 radical (unpaired) electrons. The summed E-state index contributed by atoms with van der Waals surface area (Å²) in [5.41, 5.74) is 0. The molecule has 1 saturated carbocycles. The zero-order valence-corrected chi connectivity index (χ0v) is 12.2. The summed E-state index contributed by atoms with van der Waals surface area (Å²) < 4.78 is 6.38. The highest BCUT2D eigenvalue weighted by atomic mass is 79.9. The summed E-state index contributed by atoms with van der Waals surface area (Å²) in [6.45, 7) is 0.148. The molecule has 1 amide bonds. The van der Waals surface area contributed by atoms with E-state index in [1.807, 2.05) is 24.3 Å². The van der Waals surface area contributed by atoms with Crippen LogP contribution >= 0.6 is 15.9 Å². The number of benzene rings is 1. The van der Waals surface area contributed by atoms with Crippen molar-refractivity contribution in [2.24, 2.45) is 5.92 Å². The minimum absolute atomic E-state index is 0.0102. The second-order valence-corrected chi connectivity index (χ2v) is 5.71. The van der Waals surface area contributed by atoms with Crippen LogP contribution < -0.4 is 10.1 Å². The highest BCUT2D eigenvalue weighted by molar-refractivity contribution is 9.10. The Morgan fingerprint density at radius 1 is 1.37 bits per heavy atom. The van der Waals surface area contributed by atoms with Gasteiger partial charge in [0.2, 0.25) is 0 Å². The molecule has 104 valence electrons. The van der Waals surface area contributed by atoms with Crippen molar-refractivity contribution < 1.29 is 14.6 Å². The van der Waals surface area contributed by atoms with E-state index < -0.39 is 0 Å². The van der Waals surface area contributed by atoms with Crippen molar-refractivity contribution in [3.63, 3.8) is 0 Å². The zero-order chi connectivity index (χ0) is 13.7. The van der Waals surface area contributed by atoms with Gasteiger partial charge in [0, 0.05) is 23.0 Å². The number of nitrogens with one attached hydrogen (secondary N) is 1. The van der Waals surface area contributed by atoms with E-state index in [1.54, 1.807) is 0 Å². The molecule has 0 aromatic heterocycles. The highest BCUT2D eigenvalue weighted by Crippen LogP contribution is 2.25. The fraction of sp³-hybridized carbons (Fsp3) is 0.500. The molecule has 0 heterocycles. The van der Waals surface area contributed by atoms with Crippen molar-refractivity contribution in [3.05, 3.63) is 28.7 Å². The van der Waals surface area contributed by atoms with Gasteiger partial charge in [-0.05, 0) is 37.1 Å². The second-order valence-electron chi connectivity index (χ2n) is 4.79. The number of carbonyl (C=O) groups excluding carboxylic acids is 1. The summed E-state index contributed by atoms with van der Waals surface area (Å²) in [7, 11) is 0. The fourth-order valence-corrected chi connectivity index (χ4v) is 2.64. The van der Waals surface area contributed by atoms with E-state index in [-0.39, 0.29) is 31.1 Å². The lowest BCUT2D eigenvalue weighted by Crippen LogP contribution is -2.40. The SMILES string of the molecule is O=C(COc1ccc(Br)cc1)NC1CCCC1CO. The van der Waals surface area contributed by atoms with Crippen LogP contribution in [0, 0.1) is 5.92 Å². The van der Waals surface area contributed by atoms with Gasteiger partial charge in [-0.25, -0.2) is 0 Å². The maximum atomic E-state index is 11.8. The Kier molecular flexibility index (Phi) is 5.22. The van der Waals surface area contributed by atoms with Crippen molar-refractivity contribution in [2.75, 3.05) is 13.2 Å². The van der Waals surface area contributed by atoms with Crippen LogP contribution in [0.3, 0.4) is 0 Å². The molecule has 5 heteroatoms. The molecular weight excluding hydrogens is 310 g/mol. The molecule has 1 aliphatic carbocycles. The van der Waals surface area contributed by atoms with Crippen LogP contribution in [-0.2, 0) is 4.79 Å². The molecule has 4 nitrogen and oxygen atoms in total. The van der Waals surface area contributed by atoms with Gasteiger partial charge < -0.3 is 15.2 Å². The predicted molar refractivity (Wildman–Crippen MR) is 76.0 cm³/mol. The van der Waals surface area contributed by atoms with Crippen LogP contribution in [0.2, 0.25) is 0 Å². The summed E-state index contributed by atoms with van der Waals surface area (Å²) in [5.74, 6) is 0.730. The number of halogens is 1. The molecule has 0 bridgehead atoms.